The molecule has 0 bridgehead atoms. The Bertz CT molecular complexity index is 741. The molecule has 132 valence electrons. The molecule has 1 aromatic carbocycles. The van der Waals surface area contributed by atoms with Crippen LogP contribution >= 0.6 is 0 Å². The molecule has 25 heavy (non-hydrogen) atoms. The first kappa shape index (κ1) is 17.1. The van der Waals surface area contributed by atoms with Crippen molar-refractivity contribution in [2.75, 3.05) is 14.1 Å². The molecule has 2 amide bonds. The van der Waals surface area contributed by atoms with Crippen LogP contribution in [-0.2, 0) is 4.79 Å². The van der Waals surface area contributed by atoms with Gasteiger partial charge in [-0.1, -0.05) is 24.6 Å². The molecule has 0 spiro atoms. The summed E-state index contributed by atoms with van der Waals surface area (Å²) in [6, 6.07) is 9.51. The van der Waals surface area contributed by atoms with E-state index in [2.05, 4.69) is 15.4 Å². The first-order chi connectivity index (χ1) is 12.0. The Labute approximate surface area is 147 Å². The minimum absolute atomic E-state index is 0.0150. The van der Waals surface area contributed by atoms with Crippen LogP contribution in [0.25, 0.3) is 5.69 Å². The lowest BCUT2D eigenvalue weighted by molar-refractivity contribution is -0.134. The summed E-state index contributed by atoms with van der Waals surface area (Å²) in [7, 11) is 3.54. The first-order valence-corrected chi connectivity index (χ1v) is 8.53. The number of hydrogen-bond acceptors (Lipinski definition) is 4. The highest BCUT2D eigenvalue weighted by atomic mass is 16.2. The maximum atomic E-state index is 12.4. The van der Waals surface area contributed by atoms with E-state index in [1.54, 1.807) is 23.7 Å². The number of para-hydroxylation sites is 1. The van der Waals surface area contributed by atoms with Gasteiger partial charge in [0.2, 0.25) is 11.7 Å². The van der Waals surface area contributed by atoms with Gasteiger partial charge in [0.05, 0.1) is 5.69 Å². The average Bonchev–Trinajstić information content (AvgIpc) is 3.12. The smallest absolute Gasteiger partial charge is 0.291 e. The topological polar surface area (TPSA) is 80.1 Å². The molecule has 0 aliphatic heterocycles. The predicted molar refractivity (Wildman–Crippen MR) is 93.3 cm³/mol. The van der Waals surface area contributed by atoms with Gasteiger partial charge in [0.25, 0.3) is 5.91 Å². The van der Waals surface area contributed by atoms with E-state index in [1.165, 1.54) is 6.33 Å². The molecule has 7 nitrogen and oxygen atoms in total. The highest BCUT2D eigenvalue weighted by Gasteiger charge is 2.29. The van der Waals surface area contributed by atoms with Crippen LogP contribution in [0.1, 0.15) is 36.3 Å². The zero-order valence-corrected chi connectivity index (χ0v) is 14.6. The van der Waals surface area contributed by atoms with E-state index in [0.717, 1.165) is 24.9 Å². The Hall–Kier alpha value is -2.70. The second-order valence-electron chi connectivity index (χ2n) is 6.61. The summed E-state index contributed by atoms with van der Waals surface area (Å²) in [5.41, 5.74) is 0.850. The van der Waals surface area contributed by atoms with Crippen LogP contribution in [0, 0.1) is 5.92 Å². The molecule has 1 fully saturated rings. The monoisotopic (exact) mass is 341 g/mol. The summed E-state index contributed by atoms with van der Waals surface area (Å²) >= 11 is 0. The minimum atomic E-state index is -0.294. The average molecular weight is 341 g/mol. The Morgan fingerprint density at radius 2 is 1.96 bits per heavy atom. The van der Waals surface area contributed by atoms with Gasteiger partial charge in [0.15, 0.2) is 0 Å². The van der Waals surface area contributed by atoms with Crippen molar-refractivity contribution in [2.24, 2.45) is 5.92 Å². The number of hydrogen-bond donors (Lipinski definition) is 1. The Morgan fingerprint density at radius 3 is 2.68 bits per heavy atom. The van der Waals surface area contributed by atoms with Gasteiger partial charge in [-0.15, -0.1) is 5.10 Å². The lowest BCUT2D eigenvalue weighted by Crippen LogP contribution is -2.42. The molecule has 0 unspecified atom stereocenters. The van der Waals surface area contributed by atoms with Crippen LogP contribution in [0.5, 0.6) is 0 Å². The minimum Gasteiger partial charge on any atom is -0.349 e. The van der Waals surface area contributed by atoms with Gasteiger partial charge < -0.3 is 10.2 Å². The van der Waals surface area contributed by atoms with Crippen LogP contribution < -0.4 is 5.32 Å². The molecule has 1 N–H and O–H groups in total. The molecule has 2 aromatic rings. The van der Waals surface area contributed by atoms with Gasteiger partial charge in [0.1, 0.15) is 6.33 Å². The van der Waals surface area contributed by atoms with Gasteiger partial charge in [-0.3, -0.25) is 9.59 Å². The molecular weight excluding hydrogens is 318 g/mol. The molecule has 0 saturated heterocycles. The third-order valence-electron chi connectivity index (χ3n) is 4.52. The fraction of sp³-hybridized carbons (Fsp3) is 0.444. The fourth-order valence-electron chi connectivity index (χ4n) is 3.23. The zero-order valence-electron chi connectivity index (χ0n) is 14.6. The quantitative estimate of drug-likeness (QED) is 0.917. The molecule has 2 atom stereocenters. The van der Waals surface area contributed by atoms with Gasteiger partial charge in [-0.25, -0.2) is 9.67 Å². The lowest BCUT2D eigenvalue weighted by atomic mass is 9.85. The summed E-state index contributed by atoms with van der Waals surface area (Å²) in [6.45, 7) is 0. The summed E-state index contributed by atoms with van der Waals surface area (Å²) in [5.74, 6) is -0.0446. The summed E-state index contributed by atoms with van der Waals surface area (Å²) in [4.78, 5) is 30.3. The molecule has 1 aliphatic rings. The Kier molecular flexibility index (Phi) is 5.11. The van der Waals surface area contributed by atoms with Crippen LogP contribution in [0.15, 0.2) is 36.7 Å². The maximum absolute atomic E-state index is 12.4. The van der Waals surface area contributed by atoms with E-state index >= 15 is 0 Å². The van der Waals surface area contributed by atoms with Crippen LogP contribution in [0.4, 0.5) is 0 Å². The predicted octanol–water partition coefficient (Wildman–Crippen LogP) is 1.64. The number of rotatable bonds is 4. The van der Waals surface area contributed by atoms with Crippen molar-refractivity contribution < 1.29 is 9.59 Å². The van der Waals surface area contributed by atoms with Crippen molar-refractivity contribution in [3.63, 3.8) is 0 Å². The summed E-state index contributed by atoms with van der Waals surface area (Å²) in [6.07, 6.45) is 4.89. The fourth-order valence-corrected chi connectivity index (χ4v) is 3.23. The van der Waals surface area contributed by atoms with Crippen LogP contribution in [0.2, 0.25) is 0 Å². The molecule has 3 rings (SSSR count). The molecule has 1 saturated carbocycles. The van der Waals surface area contributed by atoms with Crippen molar-refractivity contribution in [2.45, 2.75) is 31.7 Å². The van der Waals surface area contributed by atoms with Gasteiger partial charge in [0, 0.05) is 26.1 Å². The second kappa shape index (κ2) is 7.46. The second-order valence-corrected chi connectivity index (χ2v) is 6.61. The number of amides is 2. The van der Waals surface area contributed by atoms with E-state index in [0.29, 0.717) is 6.42 Å². The van der Waals surface area contributed by atoms with Crippen LogP contribution in [0.3, 0.4) is 0 Å². The largest absolute Gasteiger partial charge is 0.349 e. The molecule has 1 aliphatic carbocycles. The molecule has 1 aromatic heterocycles. The highest BCUT2D eigenvalue weighted by molar-refractivity contribution is 5.90. The summed E-state index contributed by atoms with van der Waals surface area (Å²) in [5, 5.41) is 7.22. The first-order valence-electron chi connectivity index (χ1n) is 8.53. The Morgan fingerprint density at radius 1 is 1.20 bits per heavy atom. The summed E-state index contributed by atoms with van der Waals surface area (Å²) < 4.78 is 1.58. The highest BCUT2D eigenvalue weighted by Crippen LogP contribution is 2.25. The molecule has 7 heteroatoms. The Balaban J connectivity index is 1.62. The van der Waals surface area contributed by atoms with Crippen molar-refractivity contribution in [1.29, 1.82) is 0 Å². The number of nitrogens with one attached hydrogen (secondary N) is 1. The van der Waals surface area contributed by atoms with Gasteiger partial charge >= 0.3 is 0 Å². The molecular formula is C18H23N5O2. The SMILES string of the molecule is CN(C)C(=O)[C@H]1CCC[C@@H](NC(=O)c2ncn(-c3ccccc3)n2)C1. The van der Waals surface area contributed by atoms with Crippen molar-refractivity contribution in [3.05, 3.63) is 42.5 Å². The number of carbonyl (C=O) groups excluding carboxylic acids is 2. The maximum Gasteiger partial charge on any atom is 0.291 e. The van der Waals surface area contributed by atoms with Crippen molar-refractivity contribution in [3.8, 4) is 5.69 Å². The number of carbonyl (C=O) groups is 2. The number of aromatic nitrogens is 3. The lowest BCUT2D eigenvalue weighted by Gasteiger charge is -2.30. The van der Waals surface area contributed by atoms with E-state index in [-0.39, 0.29) is 29.6 Å². The van der Waals surface area contributed by atoms with E-state index in [9.17, 15) is 9.59 Å². The van der Waals surface area contributed by atoms with Crippen molar-refractivity contribution >= 4 is 11.8 Å². The normalized spacial score (nSPS) is 20.1. The number of nitrogens with zero attached hydrogens (tertiary/aromatic N) is 4. The third kappa shape index (κ3) is 4.04. The molecule has 1 heterocycles. The van der Waals surface area contributed by atoms with E-state index in [4.69, 9.17) is 0 Å². The third-order valence-corrected chi connectivity index (χ3v) is 4.52. The van der Waals surface area contributed by atoms with Crippen molar-refractivity contribution in [1.82, 2.24) is 25.0 Å². The van der Waals surface area contributed by atoms with E-state index < -0.39 is 0 Å². The van der Waals surface area contributed by atoms with Gasteiger partial charge in [-0.05, 0) is 31.4 Å². The van der Waals surface area contributed by atoms with Crippen LogP contribution in [-0.4, -0.2) is 51.6 Å². The standard InChI is InChI=1S/C18H23N5O2/c1-22(2)18(25)13-7-6-8-14(11-13)20-17(24)16-19-12-23(21-16)15-9-4-3-5-10-15/h3-5,9-10,12-14H,6-8,11H2,1-2H3,(H,20,24)/t13-,14+/m0/s1. The van der Waals surface area contributed by atoms with Gasteiger partial charge in [-0.2, -0.15) is 0 Å². The zero-order chi connectivity index (χ0) is 17.8. The van der Waals surface area contributed by atoms with E-state index in [1.807, 2.05) is 30.3 Å². The molecule has 0 radical (unpaired) electrons. The number of benzene rings is 1.